The van der Waals surface area contributed by atoms with Gasteiger partial charge in [-0.2, -0.15) is 0 Å². The number of amides is 1. The summed E-state index contributed by atoms with van der Waals surface area (Å²) < 4.78 is 0. The van der Waals surface area contributed by atoms with Gasteiger partial charge in [-0.3, -0.25) is 4.84 Å². The van der Waals surface area contributed by atoms with Crippen molar-refractivity contribution in [2.75, 3.05) is 19.6 Å². The van der Waals surface area contributed by atoms with Crippen molar-refractivity contribution in [3.63, 3.8) is 0 Å². The molecule has 0 bridgehead atoms. The third-order valence-electron chi connectivity index (χ3n) is 10.2. The number of hydrogen-bond acceptors (Lipinski definition) is 5. The predicted molar refractivity (Wildman–Crippen MR) is 127 cm³/mol. The summed E-state index contributed by atoms with van der Waals surface area (Å²) in [5, 5.41) is 20.5. The number of aliphatic hydroxyl groups excluding tert-OH is 1. The number of aliphatic hydroxyl groups is 1. The second kappa shape index (κ2) is 9.61. The van der Waals surface area contributed by atoms with Crippen LogP contribution >= 0.6 is 0 Å². The summed E-state index contributed by atoms with van der Waals surface area (Å²) >= 11 is 0. The van der Waals surface area contributed by atoms with Crippen LogP contribution in [0.15, 0.2) is 5.16 Å². The molecule has 1 amide bonds. The molecular weight excluding hydrogens is 402 g/mol. The molecule has 0 aliphatic heterocycles. The Kier molecular flexibility index (Phi) is 7.21. The van der Waals surface area contributed by atoms with Crippen molar-refractivity contribution in [3.8, 4) is 0 Å². The molecule has 4 saturated carbocycles. The molecule has 0 aromatic heterocycles. The van der Waals surface area contributed by atoms with E-state index in [1.54, 1.807) is 0 Å². The third kappa shape index (κ3) is 4.34. The van der Waals surface area contributed by atoms with E-state index in [4.69, 9.17) is 4.84 Å². The minimum Gasteiger partial charge on any atom is -0.393 e. The topological polar surface area (TPSA) is 83.0 Å². The monoisotopic (exact) mass is 447 g/mol. The van der Waals surface area contributed by atoms with E-state index in [2.05, 4.69) is 36.6 Å². The van der Waals surface area contributed by atoms with Crippen LogP contribution in [-0.2, 0) is 4.84 Å². The molecule has 0 aromatic carbocycles. The fourth-order valence-corrected chi connectivity index (χ4v) is 8.56. The maximum atomic E-state index is 12.0. The zero-order valence-electron chi connectivity index (χ0n) is 20.7. The molecule has 0 spiro atoms. The van der Waals surface area contributed by atoms with Gasteiger partial charge in [0.05, 0.1) is 11.8 Å². The number of fused-ring (bicyclic) bond motifs is 5. The van der Waals surface area contributed by atoms with Crippen LogP contribution in [0.4, 0.5) is 4.79 Å². The first-order chi connectivity index (χ1) is 15.3. The molecule has 32 heavy (non-hydrogen) atoms. The number of rotatable bonds is 6. The second-order valence-electron chi connectivity index (χ2n) is 11.7. The second-order valence-corrected chi connectivity index (χ2v) is 11.7. The van der Waals surface area contributed by atoms with Crippen molar-refractivity contribution in [2.24, 2.45) is 45.6 Å². The van der Waals surface area contributed by atoms with Gasteiger partial charge in [-0.05, 0) is 106 Å². The fourth-order valence-electron chi connectivity index (χ4n) is 8.56. The van der Waals surface area contributed by atoms with Crippen molar-refractivity contribution in [3.05, 3.63) is 0 Å². The van der Waals surface area contributed by atoms with E-state index < -0.39 is 6.09 Å². The number of carbonyl (C=O) groups is 1. The molecular formula is C26H45N3O3. The predicted octanol–water partition coefficient (Wildman–Crippen LogP) is 4.72. The lowest BCUT2D eigenvalue weighted by molar-refractivity contribution is -0.123. The van der Waals surface area contributed by atoms with Crippen LogP contribution in [-0.4, -0.2) is 42.6 Å². The van der Waals surface area contributed by atoms with Crippen LogP contribution < -0.4 is 10.6 Å². The molecule has 4 aliphatic rings. The Balaban J connectivity index is 1.40. The lowest BCUT2D eigenvalue weighted by atomic mass is 9.44. The smallest absolute Gasteiger partial charge is 0.393 e. The van der Waals surface area contributed by atoms with Gasteiger partial charge >= 0.3 is 6.09 Å². The molecule has 4 aliphatic carbocycles. The third-order valence-corrected chi connectivity index (χ3v) is 10.2. The van der Waals surface area contributed by atoms with Crippen LogP contribution in [0.1, 0.15) is 85.5 Å². The van der Waals surface area contributed by atoms with E-state index in [0.29, 0.717) is 23.8 Å². The molecule has 3 N–H and O–H groups in total. The van der Waals surface area contributed by atoms with Gasteiger partial charge in [-0.15, -0.1) is 0 Å². The Morgan fingerprint density at radius 1 is 1.03 bits per heavy atom. The molecule has 0 saturated heterocycles. The lowest BCUT2D eigenvalue weighted by Gasteiger charge is -2.61. The van der Waals surface area contributed by atoms with Crippen LogP contribution in [0.5, 0.6) is 0 Å². The summed E-state index contributed by atoms with van der Waals surface area (Å²) in [4.78, 5) is 17.2. The minimum atomic E-state index is -0.462. The van der Waals surface area contributed by atoms with Crippen LogP contribution in [0.25, 0.3) is 0 Å². The highest BCUT2D eigenvalue weighted by Gasteiger charge is 2.60. The summed E-state index contributed by atoms with van der Waals surface area (Å²) in [6.07, 6.45) is 10.3. The average molecular weight is 448 g/mol. The summed E-state index contributed by atoms with van der Waals surface area (Å²) in [6.45, 7) is 11.3. The molecule has 0 aromatic rings. The first-order valence-corrected chi connectivity index (χ1v) is 13.2. The summed E-state index contributed by atoms with van der Waals surface area (Å²) in [5.41, 5.74) is 1.66. The number of likely N-dealkylation sites (N-methyl/N-ethyl adjacent to an activating group) is 1. The molecule has 4 rings (SSSR count). The van der Waals surface area contributed by atoms with E-state index in [1.807, 2.05) is 6.92 Å². The SMILES string of the molecule is CCNCCNC(=O)O/N=C(\C)[C@H]1CC[C@H]2[C@@H]3CC[C@@H]4C[C@H](O)CC[C@]4(C)[C@H]3CC[C@]12C. The zero-order chi connectivity index (χ0) is 22.9. The minimum absolute atomic E-state index is 0.0756. The Hall–Kier alpha value is -1.14. The standard InChI is InChI=1S/C26H45N3O3/c1-5-27-14-15-28-24(31)32-29-17(2)21-8-9-22-20-7-6-18-16-19(30)10-12-25(18,3)23(20)11-13-26(21,22)4/h18-23,27,30H,5-16H2,1-4H3,(H,28,31)/b29-17+/t18-,19-,20+,21-,22+,23+,25+,26-/m1/s1. The van der Waals surface area contributed by atoms with E-state index in [9.17, 15) is 9.90 Å². The van der Waals surface area contributed by atoms with Gasteiger partial charge in [-0.25, -0.2) is 4.79 Å². The Bertz CT molecular complexity index is 712. The summed E-state index contributed by atoms with van der Waals surface area (Å²) in [6, 6.07) is 0. The number of nitrogens with zero attached hydrogens (tertiary/aromatic N) is 1. The normalized spacial score (nSPS) is 43.7. The molecule has 8 atom stereocenters. The van der Waals surface area contributed by atoms with Crippen molar-refractivity contribution >= 4 is 11.8 Å². The van der Waals surface area contributed by atoms with E-state index in [-0.39, 0.29) is 11.5 Å². The fraction of sp³-hybridized carbons (Fsp3) is 0.923. The van der Waals surface area contributed by atoms with Crippen LogP contribution in [0.2, 0.25) is 0 Å². The lowest BCUT2D eigenvalue weighted by Crippen LogP contribution is -2.54. The number of nitrogens with one attached hydrogen (secondary N) is 2. The maximum absolute atomic E-state index is 12.0. The van der Waals surface area contributed by atoms with Gasteiger partial charge in [0.25, 0.3) is 0 Å². The molecule has 4 fully saturated rings. The van der Waals surface area contributed by atoms with Gasteiger partial charge < -0.3 is 15.7 Å². The highest BCUT2D eigenvalue weighted by molar-refractivity contribution is 5.85. The van der Waals surface area contributed by atoms with E-state index in [0.717, 1.165) is 55.8 Å². The molecule has 182 valence electrons. The van der Waals surface area contributed by atoms with Gasteiger partial charge in [0, 0.05) is 19.0 Å². The maximum Gasteiger partial charge on any atom is 0.433 e. The van der Waals surface area contributed by atoms with E-state index >= 15 is 0 Å². The van der Waals surface area contributed by atoms with Crippen molar-refractivity contribution in [2.45, 2.75) is 91.6 Å². The number of hydrogen-bond donors (Lipinski definition) is 3. The molecule has 0 unspecified atom stereocenters. The van der Waals surface area contributed by atoms with Crippen LogP contribution in [0, 0.1) is 40.4 Å². The molecule has 6 nitrogen and oxygen atoms in total. The van der Waals surface area contributed by atoms with Crippen LogP contribution in [0.3, 0.4) is 0 Å². The molecule has 6 heteroatoms. The van der Waals surface area contributed by atoms with Crippen molar-refractivity contribution < 1.29 is 14.7 Å². The number of oxime groups is 1. The first kappa shape index (κ1) is 24.0. The molecule has 0 radical (unpaired) electrons. The number of carbonyl (C=O) groups excluding carboxylic acids is 1. The highest BCUT2D eigenvalue weighted by Crippen LogP contribution is 2.67. The van der Waals surface area contributed by atoms with Gasteiger partial charge in [0.1, 0.15) is 0 Å². The zero-order valence-corrected chi connectivity index (χ0v) is 20.7. The largest absolute Gasteiger partial charge is 0.433 e. The Labute approximate surface area is 194 Å². The summed E-state index contributed by atoms with van der Waals surface area (Å²) in [7, 11) is 0. The Morgan fingerprint density at radius 3 is 2.56 bits per heavy atom. The molecule has 0 heterocycles. The quantitative estimate of drug-likeness (QED) is 0.238. The van der Waals surface area contributed by atoms with Crippen molar-refractivity contribution in [1.82, 2.24) is 10.6 Å². The van der Waals surface area contributed by atoms with E-state index in [1.165, 1.54) is 38.5 Å². The summed E-state index contributed by atoms with van der Waals surface area (Å²) in [5.74, 6) is 3.47. The highest BCUT2D eigenvalue weighted by atomic mass is 16.7. The van der Waals surface area contributed by atoms with Gasteiger partial charge in [-0.1, -0.05) is 25.9 Å². The Morgan fingerprint density at radius 2 is 1.78 bits per heavy atom. The van der Waals surface area contributed by atoms with Crippen molar-refractivity contribution in [1.29, 1.82) is 0 Å². The van der Waals surface area contributed by atoms with Gasteiger partial charge in [0.15, 0.2) is 0 Å². The van der Waals surface area contributed by atoms with Gasteiger partial charge in [0.2, 0.25) is 0 Å². The average Bonchev–Trinajstić information content (AvgIpc) is 3.13. The first-order valence-electron chi connectivity index (χ1n) is 13.2.